The Kier molecular flexibility index (Phi) is 10.3. The number of amides is 2. The largest absolute Gasteiger partial charge is 0.495 e. The smallest absolute Gasteiger partial charge is 0.244 e. The zero-order chi connectivity index (χ0) is 28.6. The molecule has 0 saturated heterocycles. The van der Waals surface area contributed by atoms with Crippen molar-refractivity contribution in [1.82, 2.24) is 10.2 Å². The van der Waals surface area contributed by atoms with Gasteiger partial charge < -0.3 is 15.0 Å². The van der Waals surface area contributed by atoms with Crippen LogP contribution in [0, 0.1) is 5.82 Å². The van der Waals surface area contributed by atoms with E-state index in [9.17, 15) is 22.4 Å². The Morgan fingerprint density at radius 3 is 2.33 bits per heavy atom. The molecular formula is C28H31ClFN3O5S. The number of halogens is 2. The van der Waals surface area contributed by atoms with Gasteiger partial charge in [-0.2, -0.15) is 0 Å². The minimum Gasteiger partial charge on any atom is -0.495 e. The van der Waals surface area contributed by atoms with E-state index in [-0.39, 0.29) is 35.0 Å². The molecule has 0 aromatic heterocycles. The first-order valence-electron chi connectivity index (χ1n) is 12.2. The fourth-order valence-corrected chi connectivity index (χ4v) is 5.12. The lowest BCUT2D eigenvalue weighted by atomic mass is 10.0. The molecule has 0 unspecified atom stereocenters. The van der Waals surface area contributed by atoms with E-state index >= 15 is 0 Å². The summed E-state index contributed by atoms with van der Waals surface area (Å²) in [7, 11) is -2.65. The van der Waals surface area contributed by atoms with Crippen LogP contribution in [0.15, 0.2) is 72.8 Å². The Hall–Kier alpha value is -3.63. The Bertz CT molecular complexity index is 1410. The second-order valence-corrected chi connectivity index (χ2v) is 11.1. The topological polar surface area (TPSA) is 96.0 Å². The van der Waals surface area contributed by atoms with Crippen molar-refractivity contribution in [1.29, 1.82) is 0 Å². The molecule has 0 heterocycles. The number of carbonyl (C=O) groups excluding carboxylic acids is 2. The van der Waals surface area contributed by atoms with Crippen molar-refractivity contribution in [2.24, 2.45) is 0 Å². The van der Waals surface area contributed by atoms with Crippen molar-refractivity contribution >= 4 is 39.1 Å². The Morgan fingerprint density at radius 1 is 1.05 bits per heavy atom. The second kappa shape index (κ2) is 13.4. The molecule has 39 heavy (non-hydrogen) atoms. The van der Waals surface area contributed by atoms with Gasteiger partial charge in [0.15, 0.2) is 0 Å². The predicted octanol–water partition coefficient (Wildman–Crippen LogP) is 4.03. The molecule has 0 radical (unpaired) electrons. The summed E-state index contributed by atoms with van der Waals surface area (Å²) in [5, 5.41) is 2.98. The Balaban J connectivity index is 2.09. The standard InChI is InChI=1S/C28H31ClFN3O5S/c1-4-31-28(35)25(16-20-10-6-5-7-11-20)32(18-21-12-8-9-13-23(21)30)27(34)19-33(39(3,36)37)24-17-22(29)14-15-26(24)38-2/h5-15,17,25H,4,16,18-19H2,1-3H3,(H,31,35)/t25-/m1/s1. The predicted molar refractivity (Wildman–Crippen MR) is 150 cm³/mol. The Labute approximate surface area is 233 Å². The van der Waals surface area contributed by atoms with Gasteiger partial charge in [0.1, 0.15) is 24.2 Å². The third kappa shape index (κ3) is 7.93. The normalized spacial score (nSPS) is 11.9. The third-order valence-corrected chi connectivity index (χ3v) is 7.37. The van der Waals surface area contributed by atoms with Gasteiger partial charge in [-0.25, -0.2) is 12.8 Å². The molecular weight excluding hydrogens is 545 g/mol. The van der Waals surface area contributed by atoms with E-state index in [4.69, 9.17) is 16.3 Å². The molecule has 3 rings (SSSR count). The van der Waals surface area contributed by atoms with Crippen LogP contribution in [0.25, 0.3) is 0 Å². The van der Waals surface area contributed by atoms with Gasteiger partial charge in [-0.15, -0.1) is 0 Å². The molecule has 3 aromatic carbocycles. The lowest BCUT2D eigenvalue weighted by Crippen LogP contribution is -2.53. The van der Waals surface area contributed by atoms with Gasteiger partial charge in [0, 0.05) is 30.1 Å². The van der Waals surface area contributed by atoms with E-state index in [2.05, 4.69) is 5.32 Å². The average Bonchev–Trinajstić information content (AvgIpc) is 2.90. The number of rotatable bonds is 12. The summed E-state index contributed by atoms with van der Waals surface area (Å²) in [6.45, 7) is 1.12. The lowest BCUT2D eigenvalue weighted by molar-refractivity contribution is -0.140. The van der Waals surface area contributed by atoms with Crippen molar-refractivity contribution < 1.29 is 27.1 Å². The van der Waals surface area contributed by atoms with Gasteiger partial charge in [-0.1, -0.05) is 60.1 Å². The van der Waals surface area contributed by atoms with Crippen LogP contribution in [-0.4, -0.2) is 57.6 Å². The maximum Gasteiger partial charge on any atom is 0.244 e. The molecule has 2 amide bonds. The maximum atomic E-state index is 14.7. The van der Waals surface area contributed by atoms with Gasteiger partial charge in [-0.05, 0) is 36.8 Å². The highest BCUT2D eigenvalue weighted by atomic mass is 35.5. The van der Waals surface area contributed by atoms with Crippen LogP contribution in [0.1, 0.15) is 18.1 Å². The molecule has 8 nitrogen and oxygen atoms in total. The number of nitrogens with zero attached hydrogens (tertiary/aromatic N) is 2. The SMILES string of the molecule is CCNC(=O)[C@@H](Cc1ccccc1)N(Cc1ccccc1F)C(=O)CN(c1cc(Cl)ccc1OC)S(C)(=O)=O. The number of carbonyl (C=O) groups is 2. The Morgan fingerprint density at radius 2 is 1.72 bits per heavy atom. The summed E-state index contributed by atoms with van der Waals surface area (Å²) in [6.07, 6.45) is 1.08. The minimum atomic E-state index is -4.02. The fourth-order valence-electron chi connectivity index (χ4n) is 4.11. The molecule has 0 aliphatic carbocycles. The number of ether oxygens (including phenoxy) is 1. The van der Waals surface area contributed by atoms with Gasteiger partial charge >= 0.3 is 0 Å². The maximum absolute atomic E-state index is 14.7. The van der Waals surface area contributed by atoms with Crippen LogP contribution in [0.4, 0.5) is 10.1 Å². The molecule has 1 atom stereocenters. The molecule has 3 aromatic rings. The summed E-state index contributed by atoms with van der Waals surface area (Å²) in [6, 6.07) is 18.3. The van der Waals surface area contributed by atoms with Gasteiger partial charge in [0.2, 0.25) is 21.8 Å². The highest BCUT2D eigenvalue weighted by Gasteiger charge is 2.34. The minimum absolute atomic E-state index is 0.0595. The van der Waals surface area contributed by atoms with Crippen molar-refractivity contribution in [2.45, 2.75) is 25.9 Å². The zero-order valence-corrected chi connectivity index (χ0v) is 23.5. The van der Waals surface area contributed by atoms with E-state index in [1.165, 1.54) is 48.4 Å². The van der Waals surface area contributed by atoms with Gasteiger partial charge in [-0.3, -0.25) is 13.9 Å². The van der Waals surface area contributed by atoms with E-state index < -0.39 is 40.2 Å². The number of likely N-dealkylation sites (N-methyl/N-ethyl adjacent to an activating group) is 1. The van der Waals surface area contributed by atoms with E-state index in [1.54, 1.807) is 13.0 Å². The first-order chi connectivity index (χ1) is 18.5. The van der Waals surface area contributed by atoms with Crippen LogP contribution in [-0.2, 0) is 32.6 Å². The van der Waals surface area contributed by atoms with E-state index in [0.29, 0.717) is 6.54 Å². The number of sulfonamides is 1. The summed E-state index contributed by atoms with van der Waals surface area (Å²) in [5.74, 6) is -1.53. The van der Waals surface area contributed by atoms with Crippen LogP contribution >= 0.6 is 11.6 Å². The molecule has 0 aliphatic heterocycles. The monoisotopic (exact) mass is 575 g/mol. The van der Waals surface area contributed by atoms with Crippen molar-refractivity contribution in [3.63, 3.8) is 0 Å². The number of hydrogen-bond acceptors (Lipinski definition) is 5. The summed E-state index contributed by atoms with van der Waals surface area (Å²) >= 11 is 6.14. The molecule has 208 valence electrons. The number of methoxy groups -OCH3 is 1. The van der Waals surface area contributed by atoms with Crippen LogP contribution in [0.3, 0.4) is 0 Å². The molecule has 0 saturated carbocycles. The van der Waals surface area contributed by atoms with E-state index in [0.717, 1.165) is 16.1 Å². The molecule has 1 N–H and O–H groups in total. The summed E-state index contributed by atoms with van der Waals surface area (Å²) < 4.78 is 46.7. The summed E-state index contributed by atoms with van der Waals surface area (Å²) in [5.41, 5.74) is 1.01. The summed E-state index contributed by atoms with van der Waals surface area (Å²) in [4.78, 5) is 28.5. The number of hydrogen-bond donors (Lipinski definition) is 1. The highest BCUT2D eigenvalue weighted by molar-refractivity contribution is 7.92. The molecule has 0 spiro atoms. The third-order valence-electron chi connectivity index (χ3n) is 6.01. The number of anilines is 1. The second-order valence-electron chi connectivity index (χ2n) is 8.80. The lowest BCUT2D eigenvalue weighted by Gasteiger charge is -2.33. The number of benzene rings is 3. The van der Waals surface area contributed by atoms with Crippen LogP contribution in [0.5, 0.6) is 5.75 Å². The molecule has 11 heteroatoms. The van der Waals surface area contributed by atoms with Crippen molar-refractivity contribution in [3.8, 4) is 5.75 Å². The quantitative estimate of drug-likeness (QED) is 0.352. The van der Waals surface area contributed by atoms with Crippen LogP contribution < -0.4 is 14.4 Å². The number of nitrogens with one attached hydrogen (secondary N) is 1. The first kappa shape index (κ1) is 29.9. The van der Waals surface area contributed by atoms with E-state index in [1.807, 2.05) is 30.3 Å². The van der Waals surface area contributed by atoms with Crippen LogP contribution in [0.2, 0.25) is 5.02 Å². The van der Waals surface area contributed by atoms with Gasteiger partial charge in [0.05, 0.1) is 19.1 Å². The first-order valence-corrected chi connectivity index (χ1v) is 14.4. The molecule has 0 bridgehead atoms. The average molecular weight is 576 g/mol. The molecule has 0 fully saturated rings. The molecule has 0 aliphatic rings. The zero-order valence-electron chi connectivity index (χ0n) is 21.9. The highest BCUT2D eigenvalue weighted by Crippen LogP contribution is 2.33. The fraction of sp³-hybridized carbons (Fsp3) is 0.286. The van der Waals surface area contributed by atoms with Crippen molar-refractivity contribution in [3.05, 3.63) is 94.8 Å². The van der Waals surface area contributed by atoms with Crippen molar-refractivity contribution in [2.75, 3.05) is 30.8 Å². The van der Waals surface area contributed by atoms with Gasteiger partial charge in [0.25, 0.3) is 0 Å².